The van der Waals surface area contributed by atoms with E-state index in [1.165, 1.54) is 0 Å². The maximum Gasteiger partial charge on any atom is 0.140 e. The number of aryl methyl sites for hydroxylation is 1. The Morgan fingerprint density at radius 3 is 2.70 bits per heavy atom. The van der Waals surface area contributed by atoms with Crippen molar-refractivity contribution in [2.75, 3.05) is 7.11 Å². The van der Waals surface area contributed by atoms with Crippen molar-refractivity contribution in [2.24, 2.45) is 5.73 Å². The zero-order chi connectivity index (χ0) is 14.5. The predicted octanol–water partition coefficient (Wildman–Crippen LogP) is 3.20. The largest absolute Gasteiger partial charge is 0.486 e. The zero-order valence-electron chi connectivity index (χ0n) is 12.1. The van der Waals surface area contributed by atoms with Gasteiger partial charge in [-0.25, -0.2) is 4.98 Å². The SMILES string of the molecule is COCc1nc(COc2ccccc2C)sc1C(C)N. The van der Waals surface area contributed by atoms with E-state index < -0.39 is 0 Å². The molecule has 0 bridgehead atoms. The average Bonchev–Trinajstić information content (AvgIpc) is 2.82. The molecule has 2 rings (SSSR count). The number of rotatable bonds is 6. The first kappa shape index (κ1) is 15.0. The standard InChI is InChI=1S/C15H20N2O2S/c1-10-6-4-5-7-13(10)19-9-14-17-12(8-18-3)15(20-14)11(2)16/h4-7,11H,8-9,16H2,1-3H3. The van der Waals surface area contributed by atoms with Gasteiger partial charge in [0.05, 0.1) is 12.3 Å². The van der Waals surface area contributed by atoms with Gasteiger partial charge in [0, 0.05) is 18.0 Å². The highest BCUT2D eigenvalue weighted by atomic mass is 32.1. The van der Waals surface area contributed by atoms with Crippen LogP contribution < -0.4 is 10.5 Å². The van der Waals surface area contributed by atoms with Crippen molar-refractivity contribution in [3.05, 3.63) is 45.4 Å². The second kappa shape index (κ2) is 6.83. The molecule has 1 aromatic heterocycles. The highest BCUT2D eigenvalue weighted by Gasteiger charge is 2.14. The van der Waals surface area contributed by atoms with E-state index in [9.17, 15) is 0 Å². The molecule has 0 spiro atoms. The fraction of sp³-hybridized carbons (Fsp3) is 0.400. The zero-order valence-corrected chi connectivity index (χ0v) is 12.9. The maximum atomic E-state index is 5.96. The molecule has 0 aliphatic rings. The van der Waals surface area contributed by atoms with Crippen molar-refractivity contribution >= 4 is 11.3 Å². The van der Waals surface area contributed by atoms with Crippen LogP contribution in [-0.4, -0.2) is 12.1 Å². The molecule has 2 N–H and O–H groups in total. The fourth-order valence-corrected chi connectivity index (χ4v) is 2.87. The minimum atomic E-state index is -0.0372. The van der Waals surface area contributed by atoms with Crippen LogP contribution in [0.3, 0.4) is 0 Å². The predicted molar refractivity (Wildman–Crippen MR) is 80.9 cm³/mol. The van der Waals surface area contributed by atoms with Crippen LogP contribution in [0.15, 0.2) is 24.3 Å². The van der Waals surface area contributed by atoms with Crippen molar-refractivity contribution in [1.82, 2.24) is 4.98 Å². The van der Waals surface area contributed by atoms with Gasteiger partial charge in [-0.05, 0) is 25.5 Å². The van der Waals surface area contributed by atoms with Gasteiger partial charge in [-0.2, -0.15) is 0 Å². The Labute approximate surface area is 123 Å². The highest BCUT2D eigenvalue weighted by molar-refractivity contribution is 7.11. The molecule has 2 aromatic rings. The number of ether oxygens (including phenoxy) is 2. The van der Waals surface area contributed by atoms with Crippen molar-refractivity contribution in [2.45, 2.75) is 33.1 Å². The lowest BCUT2D eigenvalue weighted by Crippen LogP contribution is -2.06. The molecule has 1 atom stereocenters. The van der Waals surface area contributed by atoms with Gasteiger partial charge in [-0.15, -0.1) is 11.3 Å². The minimum Gasteiger partial charge on any atom is -0.486 e. The van der Waals surface area contributed by atoms with Crippen LogP contribution in [0.4, 0.5) is 0 Å². The van der Waals surface area contributed by atoms with Crippen LogP contribution in [0.2, 0.25) is 0 Å². The lowest BCUT2D eigenvalue weighted by atomic mass is 10.2. The maximum absolute atomic E-state index is 5.96. The molecule has 0 aliphatic carbocycles. The molecular formula is C15H20N2O2S. The van der Waals surface area contributed by atoms with E-state index in [4.69, 9.17) is 15.2 Å². The first-order chi connectivity index (χ1) is 9.61. The van der Waals surface area contributed by atoms with Crippen LogP contribution in [0.1, 0.15) is 34.1 Å². The topological polar surface area (TPSA) is 57.4 Å². The van der Waals surface area contributed by atoms with Crippen LogP contribution in [-0.2, 0) is 18.0 Å². The molecule has 1 unspecified atom stereocenters. The molecule has 4 nitrogen and oxygen atoms in total. The van der Waals surface area contributed by atoms with Gasteiger partial charge in [0.2, 0.25) is 0 Å². The summed E-state index contributed by atoms with van der Waals surface area (Å²) >= 11 is 1.59. The summed E-state index contributed by atoms with van der Waals surface area (Å²) in [5.74, 6) is 0.887. The van der Waals surface area contributed by atoms with Crippen LogP contribution in [0, 0.1) is 6.92 Å². The third kappa shape index (κ3) is 3.56. The number of aromatic nitrogens is 1. The van der Waals surface area contributed by atoms with Crippen molar-refractivity contribution in [3.8, 4) is 5.75 Å². The Hall–Kier alpha value is -1.43. The molecule has 5 heteroatoms. The van der Waals surface area contributed by atoms with E-state index in [0.717, 1.165) is 26.9 Å². The van der Waals surface area contributed by atoms with Gasteiger partial charge in [-0.3, -0.25) is 0 Å². The number of hydrogen-bond acceptors (Lipinski definition) is 5. The summed E-state index contributed by atoms with van der Waals surface area (Å²) in [6, 6.07) is 7.92. The smallest absolute Gasteiger partial charge is 0.140 e. The summed E-state index contributed by atoms with van der Waals surface area (Å²) in [6.45, 7) is 4.93. The Kier molecular flexibility index (Phi) is 5.11. The molecular weight excluding hydrogens is 272 g/mol. The number of hydrogen-bond donors (Lipinski definition) is 1. The highest BCUT2D eigenvalue weighted by Crippen LogP contribution is 2.26. The summed E-state index contributed by atoms with van der Waals surface area (Å²) in [5, 5.41) is 0.924. The Bertz CT molecular complexity index is 567. The summed E-state index contributed by atoms with van der Waals surface area (Å²) < 4.78 is 11.0. The van der Waals surface area contributed by atoms with E-state index in [0.29, 0.717) is 13.2 Å². The minimum absolute atomic E-state index is 0.0372. The van der Waals surface area contributed by atoms with Crippen molar-refractivity contribution in [1.29, 1.82) is 0 Å². The van der Waals surface area contributed by atoms with Crippen molar-refractivity contribution < 1.29 is 9.47 Å². The van der Waals surface area contributed by atoms with Gasteiger partial charge in [-0.1, -0.05) is 18.2 Å². The fourth-order valence-electron chi connectivity index (χ4n) is 1.93. The van der Waals surface area contributed by atoms with Crippen molar-refractivity contribution in [3.63, 3.8) is 0 Å². The third-order valence-electron chi connectivity index (χ3n) is 2.91. The first-order valence-electron chi connectivity index (χ1n) is 6.53. The molecule has 0 radical (unpaired) electrons. The number of nitrogens with zero attached hydrogens (tertiary/aromatic N) is 1. The number of thiazole rings is 1. The lowest BCUT2D eigenvalue weighted by molar-refractivity contribution is 0.180. The van der Waals surface area contributed by atoms with Crippen LogP contribution >= 0.6 is 11.3 Å². The first-order valence-corrected chi connectivity index (χ1v) is 7.35. The van der Waals surface area contributed by atoms with E-state index in [1.54, 1.807) is 18.4 Å². The van der Waals surface area contributed by atoms with E-state index in [1.807, 2.05) is 38.1 Å². The molecule has 1 heterocycles. The van der Waals surface area contributed by atoms with Crippen LogP contribution in [0.25, 0.3) is 0 Å². The van der Waals surface area contributed by atoms with E-state index in [2.05, 4.69) is 4.98 Å². The van der Waals surface area contributed by atoms with E-state index in [-0.39, 0.29) is 6.04 Å². The summed E-state index contributed by atoms with van der Waals surface area (Å²) in [6.07, 6.45) is 0. The van der Waals surface area contributed by atoms with Gasteiger partial charge in [0.25, 0.3) is 0 Å². The molecule has 0 amide bonds. The summed E-state index contributed by atoms with van der Waals surface area (Å²) in [5.41, 5.74) is 8.00. The summed E-state index contributed by atoms with van der Waals surface area (Å²) in [4.78, 5) is 5.62. The molecule has 108 valence electrons. The molecule has 0 saturated heterocycles. The average molecular weight is 292 g/mol. The number of nitrogens with two attached hydrogens (primary N) is 1. The molecule has 20 heavy (non-hydrogen) atoms. The summed E-state index contributed by atoms with van der Waals surface area (Å²) in [7, 11) is 1.66. The molecule has 0 aliphatic heterocycles. The molecule has 1 aromatic carbocycles. The van der Waals surface area contributed by atoms with Gasteiger partial charge in [0.1, 0.15) is 17.4 Å². The molecule has 0 fully saturated rings. The third-order valence-corrected chi connectivity index (χ3v) is 4.18. The molecule has 0 saturated carbocycles. The lowest BCUT2D eigenvalue weighted by Gasteiger charge is -2.06. The Balaban J connectivity index is 2.10. The Morgan fingerprint density at radius 2 is 2.05 bits per heavy atom. The number of methoxy groups -OCH3 is 1. The second-order valence-electron chi connectivity index (χ2n) is 4.69. The van der Waals surface area contributed by atoms with E-state index >= 15 is 0 Å². The monoisotopic (exact) mass is 292 g/mol. The van der Waals surface area contributed by atoms with Gasteiger partial charge in [0.15, 0.2) is 0 Å². The normalized spacial score (nSPS) is 12.4. The van der Waals surface area contributed by atoms with Crippen LogP contribution in [0.5, 0.6) is 5.75 Å². The second-order valence-corrected chi connectivity index (χ2v) is 5.81. The quantitative estimate of drug-likeness (QED) is 0.888. The van der Waals surface area contributed by atoms with Gasteiger partial charge < -0.3 is 15.2 Å². The van der Waals surface area contributed by atoms with Gasteiger partial charge >= 0.3 is 0 Å². The number of benzene rings is 1. The Morgan fingerprint density at radius 1 is 1.30 bits per heavy atom. The number of para-hydroxylation sites is 1.